The van der Waals surface area contributed by atoms with Gasteiger partial charge in [-0.15, -0.1) is 0 Å². The molecule has 0 radical (unpaired) electrons. The van der Waals surface area contributed by atoms with Crippen LogP contribution >= 0.6 is 0 Å². The summed E-state index contributed by atoms with van der Waals surface area (Å²) in [5.41, 5.74) is 0.910. The maximum atomic E-state index is 8.81. The van der Waals surface area contributed by atoms with E-state index >= 15 is 0 Å². The number of benzene rings is 2. The van der Waals surface area contributed by atoms with Crippen LogP contribution in [0.3, 0.4) is 0 Å². The van der Waals surface area contributed by atoms with Crippen LogP contribution in [-0.2, 0) is 0 Å². The van der Waals surface area contributed by atoms with E-state index < -0.39 is 14.2 Å². The number of hydrogen-bond donors (Lipinski definition) is 4. The lowest BCUT2D eigenvalue weighted by atomic mass is 9.80. The molecule has 2 rings (SSSR count). The summed E-state index contributed by atoms with van der Waals surface area (Å²) in [6.45, 7) is 0. The van der Waals surface area contributed by atoms with Crippen molar-refractivity contribution >= 4 is 25.2 Å². The van der Waals surface area contributed by atoms with Crippen molar-refractivity contribution in [2.75, 3.05) is 7.11 Å². The van der Waals surface area contributed by atoms with Crippen LogP contribution in [0.2, 0.25) is 0 Å². The van der Waals surface area contributed by atoms with Crippen molar-refractivity contribution < 1.29 is 24.8 Å². The molecule has 0 fully saturated rings. The molecule has 0 saturated carbocycles. The smallest absolute Gasteiger partial charge is 0.492 e. The minimum Gasteiger partial charge on any atom is -0.497 e. The first-order chi connectivity index (χ1) is 9.56. The Morgan fingerprint density at radius 1 is 0.750 bits per heavy atom. The zero-order valence-electron chi connectivity index (χ0n) is 11.0. The number of methoxy groups -OCH3 is 1. The van der Waals surface area contributed by atoms with Crippen LogP contribution in [0.25, 0.3) is 0 Å². The van der Waals surface area contributed by atoms with Crippen LogP contribution in [0.4, 0.5) is 0 Å². The number of hydrogen-bond acceptors (Lipinski definition) is 5. The van der Waals surface area contributed by atoms with Gasteiger partial charge in [0.2, 0.25) is 0 Å². The van der Waals surface area contributed by atoms with Gasteiger partial charge in [0, 0.05) is 5.46 Å². The highest BCUT2D eigenvalue weighted by Gasteiger charge is 2.14. The van der Waals surface area contributed by atoms with Crippen molar-refractivity contribution in [1.29, 1.82) is 0 Å². The molecule has 0 spiro atoms. The third-order valence-corrected chi connectivity index (χ3v) is 2.51. The molecule has 0 atom stereocenters. The van der Waals surface area contributed by atoms with Gasteiger partial charge in [-0.05, 0) is 11.5 Å². The molecule has 2 aromatic carbocycles. The number of ether oxygens (including phenoxy) is 1. The normalized spacial score (nSPS) is 9.25. The van der Waals surface area contributed by atoms with E-state index in [4.69, 9.17) is 24.8 Å². The topological polar surface area (TPSA) is 90.2 Å². The van der Waals surface area contributed by atoms with Crippen molar-refractivity contribution in [1.82, 2.24) is 0 Å². The molecular formula is C13H16B2O5. The lowest BCUT2D eigenvalue weighted by Crippen LogP contribution is -2.30. The Morgan fingerprint density at radius 2 is 1.30 bits per heavy atom. The molecule has 0 aromatic heterocycles. The monoisotopic (exact) mass is 274 g/mol. The Morgan fingerprint density at radius 3 is 1.70 bits per heavy atom. The molecule has 0 amide bonds. The fraction of sp³-hybridized carbons (Fsp3) is 0.0769. The predicted octanol–water partition coefficient (Wildman–Crippen LogP) is -1.26. The van der Waals surface area contributed by atoms with E-state index in [1.807, 2.05) is 6.07 Å². The molecule has 5 nitrogen and oxygen atoms in total. The minimum absolute atomic E-state index is 0.384. The highest BCUT2D eigenvalue weighted by atomic mass is 16.5. The quantitative estimate of drug-likeness (QED) is 0.525. The Kier molecular flexibility index (Phi) is 6.83. The van der Waals surface area contributed by atoms with Gasteiger partial charge in [-0.1, -0.05) is 48.5 Å². The highest BCUT2D eigenvalue weighted by molar-refractivity contribution is 6.59. The SMILES string of the molecule is COc1ccccc1B(O)O.OB(O)c1ccccc1. The van der Waals surface area contributed by atoms with Crippen LogP contribution in [0, 0.1) is 0 Å². The van der Waals surface area contributed by atoms with E-state index in [2.05, 4.69) is 0 Å². The van der Waals surface area contributed by atoms with Gasteiger partial charge in [0.05, 0.1) is 7.11 Å². The zero-order chi connectivity index (χ0) is 15.0. The summed E-state index contributed by atoms with van der Waals surface area (Å²) in [4.78, 5) is 0. The maximum absolute atomic E-state index is 8.81. The first kappa shape index (κ1) is 16.3. The van der Waals surface area contributed by atoms with E-state index in [1.54, 1.807) is 48.5 Å². The first-order valence-electron chi connectivity index (χ1n) is 5.96. The molecule has 0 aliphatic rings. The molecule has 20 heavy (non-hydrogen) atoms. The van der Waals surface area contributed by atoms with Crippen LogP contribution < -0.4 is 15.7 Å². The summed E-state index contributed by atoms with van der Waals surface area (Å²) in [7, 11) is -1.32. The van der Waals surface area contributed by atoms with E-state index in [-0.39, 0.29) is 0 Å². The Hall–Kier alpha value is -1.79. The van der Waals surface area contributed by atoms with Gasteiger partial charge in [-0.3, -0.25) is 0 Å². The van der Waals surface area contributed by atoms with Crippen LogP contribution in [-0.4, -0.2) is 41.4 Å². The van der Waals surface area contributed by atoms with Gasteiger partial charge in [-0.25, -0.2) is 0 Å². The highest BCUT2D eigenvalue weighted by Crippen LogP contribution is 2.04. The van der Waals surface area contributed by atoms with Crippen molar-refractivity contribution in [3.63, 3.8) is 0 Å². The van der Waals surface area contributed by atoms with Gasteiger partial charge in [0.15, 0.2) is 0 Å². The van der Waals surface area contributed by atoms with E-state index in [1.165, 1.54) is 7.11 Å². The Balaban J connectivity index is 0.000000204. The summed E-state index contributed by atoms with van der Waals surface area (Å²) >= 11 is 0. The summed E-state index contributed by atoms with van der Waals surface area (Å²) in [5, 5.41) is 34.8. The van der Waals surface area contributed by atoms with Crippen molar-refractivity contribution in [2.45, 2.75) is 0 Å². The predicted molar refractivity (Wildman–Crippen MR) is 79.1 cm³/mol. The molecule has 0 aliphatic heterocycles. The molecule has 2 aromatic rings. The molecule has 104 valence electrons. The van der Waals surface area contributed by atoms with Crippen molar-refractivity contribution in [2.24, 2.45) is 0 Å². The lowest BCUT2D eigenvalue weighted by molar-refractivity contribution is 0.403. The molecule has 0 saturated heterocycles. The van der Waals surface area contributed by atoms with Crippen LogP contribution in [0.1, 0.15) is 0 Å². The first-order valence-corrected chi connectivity index (χ1v) is 5.96. The molecule has 0 heterocycles. The average Bonchev–Trinajstić information content (AvgIpc) is 2.48. The summed E-state index contributed by atoms with van der Waals surface area (Å²) < 4.78 is 4.89. The molecule has 0 bridgehead atoms. The van der Waals surface area contributed by atoms with E-state index in [0.717, 1.165) is 0 Å². The van der Waals surface area contributed by atoms with Gasteiger partial charge >= 0.3 is 14.2 Å². The second-order valence-electron chi connectivity index (χ2n) is 3.90. The summed E-state index contributed by atoms with van der Waals surface area (Å²) in [5.74, 6) is 0.488. The second-order valence-corrected chi connectivity index (χ2v) is 3.90. The van der Waals surface area contributed by atoms with E-state index in [0.29, 0.717) is 16.7 Å². The standard InChI is InChI=1S/C7H9BO3.C6H7BO2/c1-11-7-5-3-2-4-6(7)8(9)10;8-7(9)6-4-2-1-3-5-6/h2-5,9-10H,1H3;1-5,8-9H. The largest absolute Gasteiger partial charge is 0.497 e. The fourth-order valence-electron chi connectivity index (χ4n) is 1.50. The van der Waals surface area contributed by atoms with Gasteiger partial charge in [0.25, 0.3) is 0 Å². The second kappa shape index (κ2) is 8.39. The summed E-state index contributed by atoms with van der Waals surface area (Å²) in [6, 6.07) is 15.4. The van der Waals surface area contributed by atoms with Crippen LogP contribution in [0.15, 0.2) is 54.6 Å². The van der Waals surface area contributed by atoms with E-state index in [9.17, 15) is 0 Å². The average molecular weight is 274 g/mol. The number of para-hydroxylation sites is 1. The number of rotatable bonds is 3. The molecular weight excluding hydrogens is 258 g/mol. The zero-order valence-corrected chi connectivity index (χ0v) is 11.0. The third kappa shape index (κ3) is 5.06. The molecule has 7 heteroatoms. The van der Waals surface area contributed by atoms with Gasteiger partial charge < -0.3 is 24.8 Å². The third-order valence-electron chi connectivity index (χ3n) is 2.51. The molecule has 0 aliphatic carbocycles. The van der Waals surface area contributed by atoms with Crippen molar-refractivity contribution in [3.05, 3.63) is 54.6 Å². The molecule has 4 N–H and O–H groups in total. The minimum atomic E-state index is -1.47. The summed E-state index contributed by atoms with van der Waals surface area (Å²) in [6.07, 6.45) is 0. The van der Waals surface area contributed by atoms with Crippen LogP contribution in [0.5, 0.6) is 5.75 Å². The molecule has 0 unspecified atom stereocenters. The lowest BCUT2D eigenvalue weighted by Gasteiger charge is -2.05. The maximum Gasteiger partial charge on any atom is 0.492 e. The van der Waals surface area contributed by atoms with Gasteiger partial charge in [-0.2, -0.15) is 0 Å². The Bertz CT molecular complexity index is 505. The Labute approximate surface area is 118 Å². The van der Waals surface area contributed by atoms with Crippen molar-refractivity contribution in [3.8, 4) is 5.75 Å². The van der Waals surface area contributed by atoms with Gasteiger partial charge in [0.1, 0.15) is 5.75 Å². The fourth-order valence-corrected chi connectivity index (χ4v) is 1.50.